The summed E-state index contributed by atoms with van der Waals surface area (Å²) in [7, 11) is 0. The Balaban J connectivity index is 2.15. The van der Waals surface area contributed by atoms with Gasteiger partial charge in [-0.2, -0.15) is 0 Å². The Hall–Kier alpha value is -1.40. The fraction of sp³-hybridized carbons (Fsp3) is 0.692. The van der Waals surface area contributed by atoms with Gasteiger partial charge in [0.05, 0.1) is 6.61 Å². The van der Waals surface area contributed by atoms with Crippen molar-refractivity contribution in [3.8, 4) is 0 Å². The first-order valence-corrected chi connectivity index (χ1v) is 6.83. The topological polar surface area (TPSA) is 96.1 Å². The van der Waals surface area contributed by atoms with E-state index in [1.165, 1.54) is 0 Å². The van der Waals surface area contributed by atoms with Crippen LogP contribution in [0.1, 0.15) is 37.6 Å². The van der Waals surface area contributed by atoms with Crippen molar-refractivity contribution in [1.29, 1.82) is 0 Å². The van der Waals surface area contributed by atoms with Gasteiger partial charge >= 0.3 is 0 Å². The summed E-state index contributed by atoms with van der Waals surface area (Å²) in [4.78, 5) is 8.92. The largest absolute Gasteiger partial charge is 0.396 e. The number of aliphatic hydroxyl groups is 1. The van der Waals surface area contributed by atoms with E-state index < -0.39 is 0 Å². The second kappa shape index (κ2) is 5.71. The van der Waals surface area contributed by atoms with Crippen LogP contribution in [0.3, 0.4) is 0 Å². The van der Waals surface area contributed by atoms with Crippen LogP contribution in [0.4, 0.5) is 11.6 Å². The molecular weight excluding hydrogens is 242 g/mol. The highest BCUT2D eigenvalue weighted by molar-refractivity contribution is 5.56. The lowest BCUT2D eigenvalue weighted by Crippen LogP contribution is -2.21. The summed E-state index contributed by atoms with van der Waals surface area (Å²) >= 11 is 0. The molecule has 1 aromatic heterocycles. The number of nitrogens with two attached hydrogens (primary N) is 1. The molecule has 0 aliphatic heterocycles. The van der Waals surface area contributed by atoms with Gasteiger partial charge in [-0.3, -0.25) is 0 Å². The predicted molar refractivity (Wildman–Crippen MR) is 75.8 cm³/mol. The third kappa shape index (κ3) is 3.13. The average Bonchev–Trinajstić information content (AvgIpc) is 3.20. The lowest BCUT2D eigenvalue weighted by molar-refractivity contribution is 0.219. The first-order chi connectivity index (χ1) is 9.14. The van der Waals surface area contributed by atoms with E-state index in [1.54, 1.807) is 0 Å². The molecule has 0 saturated heterocycles. The van der Waals surface area contributed by atoms with Crippen LogP contribution in [0.2, 0.25) is 0 Å². The number of aryl methyl sites for hydroxylation is 1. The molecule has 1 saturated carbocycles. The molecule has 6 heteroatoms. The smallest absolute Gasteiger partial charge is 0.148 e. The zero-order chi connectivity index (χ0) is 13.9. The Morgan fingerprint density at radius 3 is 2.53 bits per heavy atom. The third-order valence-corrected chi connectivity index (χ3v) is 3.73. The number of anilines is 2. The number of aromatic nitrogens is 2. The highest BCUT2D eigenvalue weighted by Gasteiger charge is 2.41. The maximum absolute atomic E-state index is 9.34. The molecule has 0 spiro atoms. The van der Waals surface area contributed by atoms with Gasteiger partial charge in [0, 0.05) is 23.9 Å². The Morgan fingerprint density at radius 1 is 1.32 bits per heavy atom. The van der Waals surface area contributed by atoms with Crippen molar-refractivity contribution in [3.05, 3.63) is 11.4 Å². The van der Waals surface area contributed by atoms with Gasteiger partial charge in [-0.1, -0.05) is 6.92 Å². The van der Waals surface area contributed by atoms with Gasteiger partial charge in [0.2, 0.25) is 0 Å². The normalized spacial score (nSPS) is 16.2. The van der Waals surface area contributed by atoms with Crippen molar-refractivity contribution in [3.63, 3.8) is 0 Å². The van der Waals surface area contributed by atoms with Crippen LogP contribution in [-0.4, -0.2) is 28.2 Å². The molecule has 1 aliphatic carbocycles. The Kier molecular flexibility index (Phi) is 4.21. The summed E-state index contributed by atoms with van der Waals surface area (Å²) in [6, 6.07) is 0. The van der Waals surface area contributed by atoms with Crippen molar-refractivity contribution in [2.75, 3.05) is 23.9 Å². The number of nitrogens with zero attached hydrogens (tertiary/aromatic N) is 2. The average molecular weight is 265 g/mol. The summed E-state index contributed by atoms with van der Waals surface area (Å²) in [6.45, 7) is 5.01. The lowest BCUT2D eigenvalue weighted by Gasteiger charge is -2.17. The molecule has 0 amide bonds. The first kappa shape index (κ1) is 14.0. The minimum Gasteiger partial charge on any atom is -0.396 e. The molecular formula is C13H23N5O. The van der Waals surface area contributed by atoms with E-state index in [1.807, 2.05) is 6.92 Å². The van der Waals surface area contributed by atoms with Gasteiger partial charge in [0.25, 0.3) is 0 Å². The van der Waals surface area contributed by atoms with Crippen LogP contribution in [0.15, 0.2) is 0 Å². The monoisotopic (exact) mass is 265 g/mol. The molecule has 1 aromatic rings. The molecule has 1 fully saturated rings. The number of nitrogen functional groups attached to an aromatic ring is 1. The van der Waals surface area contributed by atoms with E-state index in [2.05, 4.69) is 27.6 Å². The van der Waals surface area contributed by atoms with Crippen molar-refractivity contribution >= 4 is 11.6 Å². The summed E-state index contributed by atoms with van der Waals surface area (Å²) in [5, 5.41) is 12.7. The van der Waals surface area contributed by atoms with Gasteiger partial charge in [-0.05, 0) is 26.2 Å². The van der Waals surface area contributed by atoms with Gasteiger partial charge in [0.1, 0.15) is 17.5 Å². The van der Waals surface area contributed by atoms with Crippen molar-refractivity contribution in [2.24, 2.45) is 11.3 Å². The van der Waals surface area contributed by atoms with E-state index in [0.717, 1.165) is 49.4 Å². The summed E-state index contributed by atoms with van der Waals surface area (Å²) in [5.74, 6) is 7.76. The molecule has 0 unspecified atom stereocenters. The zero-order valence-electron chi connectivity index (χ0n) is 11.7. The number of hydrogen-bond acceptors (Lipinski definition) is 6. The van der Waals surface area contributed by atoms with Gasteiger partial charge in [-0.25, -0.2) is 15.8 Å². The Morgan fingerprint density at radius 2 is 2.00 bits per heavy atom. The molecule has 0 atom stereocenters. The van der Waals surface area contributed by atoms with Crippen LogP contribution < -0.4 is 16.6 Å². The lowest BCUT2D eigenvalue weighted by atomic mass is 10.1. The molecule has 106 valence electrons. The first-order valence-electron chi connectivity index (χ1n) is 6.83. The van der Waals surface area contributed by atoms with E-state index >= 15 is 0 Å². The van der Waals surface area contributed by atoms with Gasteiger partial charge < -0.3 is 15.8 Å². The SMILES string of the molecule is CCCc1nc(NN)c(C)c(NCC2(CO)CC2)n1. The fourth-order valence-corrected chi connectivity index (χ4v) is 2.05. The summed E-state index contributed by atoms with van der Waals surface area (Å²) < 4.78 is 0. The molecule has 1 heterocycles. The molecule has 0 bridgehead atoms. The Bertz CT molecular complexity index is 445. The highest BCUT2D eigenvalue weighted by Crippen LogP contribution is 2.45. The minimum absolute atomic E-state index is 0.0542. The molecule has 1 aliphatic rings. The number of aliphatic hydroxyl groups excluding tert-OH is 1. The maximum atomic E-state index is 9.34. The molecule has 6 nitrogen and oxygen atoms in total. The molecule has 5 N–H and O–H groups in total. The molecule has 0 aromatic carbocycles. The quantitative estimate of drug-likeness (QED) is 0.437. The van der Waals surface area contributed by atoms with Crippen LogP contribution in [-0.2, 0) is 6.42 Å². The van der Waals surface area contributed by atoms with Crippen LogP contribution in [0.25, 0.3) is 0 Å². The van der Waals surface area contributed by atoms with E-state index in [4.69, 9.17) is 5.84 Å². The van der Waals surface area contributed by atoms with Crippen LogP contribution >= 0.6 is 0 Å². The van der Waals surface area contributed by atoms with Crippen molar-refractivity contribution in [2.45, 2.75) is 39.5 Å². The van der Waals surface area contributed by atoms with Crippen molar-refractivity contribution < 1.29 is 5.11 Å². The number of nitrogens with one attached hydrogen (secondary N) is 2. The van der Waals surface area contributed by atoms with E-state index in [-0.39, 0.29) is 12.0 Å². The number of hydrogen-bond donors (Lipinski definition) is 4. The summed E-state index contributed by atoms with van der Waals surface area (Å²) in [5.41, 5.74) is 3.59. The maximum Gasteiger partial charge on any atom is 0.148 e. The zero-order valence-corrected chi connectivity index (χ0v) is 11.7. The van der Waals surface area contributed by atoms with Crippen LogP contribution in [0, 0.1) is 12.3 Å². The second-order valence-electron chi connectivity index (χ2n) is 5.37. The predicted octanol–water partition coefficient (Wildman–Crippen LogP) is 1.21. The van der Waals surface area contributed by atoms with Gasteiger partial charge in [-0.15, -0.1) is 0 Å². The van der Waals surface area contributed by atoms with E-state index in [9.17, 15) is 5.11 Å². The standard InChI is InChI=1S/C13H23N5O/c1-3-4-10-16-11(9(2)12(17-10)18-14)15-7-13(8-19)5-6-13/h19H,3-8,14H2,1-2H3,(H2,15,16,17,18). The summed E-state index contributed by atoms with van der Waals surface area (Å²) in [6.07, 6.45) is 3.97. The minimum atomic E-state index is 0.0542. The van der Waals surface area contributed by atoms with Gasteiger partial charge in [0.15, 0.2) is 0 Å². The number of rotatable bonds is 7. The molecule has 2 rings (SSSR count). The van der Waals surface area contributed by atoms with Crippen LogP contribution in [0.5, 0.6) is 0 Å². The van der Waals surface area contributed by atoms with E-state index in [0.29, 0.717) is 5.82 Å². The molecule has 0 radical (unpaired) electrons. The molecule has 19 heavy (non-hydrogen) atoms. The Labute approximate surface area is 113 Å². The second-order valence-corrected chi connectivity index (χ2v) is 5.37. The third-order valence-electron chi connectivity index (χ3n) is 3.73. The fourth-order valence-electron chi connectivity index (χ4n) is 2.05. The number of hydrazine groups is 1. The van der Waals surface area contributed by atoms with Crippen molar-refractivity contribution in [1.82, 2.24) is 9.97 Å². The highest BCUT2D eigenvalue weighted by atomic mass is 16.3.